The third kappa shape index (κ3) is 3.69. The minimum Gasteiger partial charge on any atom is -0.771 e. The van der Waals surface area contributed by atoms with E-state index in [0.717, 1.165) is 0 Å². The van der Waals surface area contributed by atoms with E-state index in [9.17, 15) is 35.9 Å². The van der Waals surface area contributed by atoms with Crippen molar-refractivity contribution in [2.75, 3.05) is 0 Å². The molecule has 0 heterocycles. The lowest BCUT2D eigenvalue weighted by Crippen LogP contribution is -2.48. The number of sulfone groups is 1. The van der Waals surface area contributed by atoms with Crippen LogP contribution in [0.25, 0.3) is 5.53 Å². The summed E-state index contributed by atoms with van der Waals surface area (Å²) in [6.07, 6.45) is -3.16. The molecule has 1 unspecified atom stereocenters. The van der Waals surface area contributed by atoms with Gasteiger partial charge in [0.25, 0.3) is 9.84 Å². The van der Waals surface area contributed by atoms with Crippen LogP contribution >= 0.6 is 0 Å². The van der Waals surface area contributed by atoms with Crippen molar-refractivity contribution in [2.45, 2.75) is 47.9 Å². The van der Waals surface area contributed by atoms with Crippen molar-refractivity contribution in [3.8, 4) is 0 Å². The smallest absolute Gasteiger partial charge is 0.416 e. The van der Waals surface area contributed by atoms with Crippen molar-refractivity contribution in [1.29, 1.82) is 0 Å². The number of hydrogen-bond donors (Lipinski definition) is 0. The minimum atomic E-state index is -4.64. The third-order valence-corrected chi connectivity index (χ3v) is 7.45. The van der Waals surface area contributed by atoms with Crippen LogP contribution in [0.1, 0.15) is 37.7 Å². The summed E-state index contributed by atoms with van der Waals surface area (Å²) in [6.45, 7) is 0. The maximum absolute atomic E-state index is 12.7. The van der Waals surface area contributed by atoms with Gasteiger partial charge in [-0.1, -0.05) is 19.3 Å². The van der Waals surface area contributed by atoms with Gasteiger partial charge in [-0.25, -0.2) is 8.42 Å². The highest BCUT2D eigenvalue weighted by Gasteiger charge is 2.52. The monoisotopic (exact) mass is 395 g/mol. The lowest BCUT2D eigenvalue weighted by molar-refractivity contribution is -0.137. The molecule has 0 aromatic heterocycles. The highest BCUT2D eigenvalue weighted by Crippen LogP contribution is 2.37. The Kier molecular flexibility index (Phi) is 5.53. The van der Waals surface area contributed by atoms with Gasteiger partial charge in [0.15, 0.2) is 0 Å². The van der Waals surface area contributed by atoms with E-state index in [0.29, 0.717) is 43.5 Å². The van der Waals surface area contributed by atoms with E-state index in [1.807, 2.05) is 0 Å². The number of rotatable bonds is 3. The van der Waals surface area contributed by atoms with Crippen LogP contribution in [0.5, 0.6) is 0 Å². The first-order valence-electron chi connectivity index (χ1n) is 7.30. The van der Waals surface area contributed by atoms with Crippen LogP contribution in [-0.4, -0.2) is 31.8 Å². The summed E-state index contributed by atoms with van der Waals surface area (Å²) in [4.78, 5) is 2.17. The Morgan fingerprint density at radius 2 is 1.68 bits per heavy atom. The molecule has 0 amide bonds. The number of nitrogens with zero attached hydrogens (tertiary/aromatic N) is 2. The quantitative estimate of drug-likeness (QED) is 0.257. The largest absolute Gasteiger partial charge is 0.771 e. The molecule has 1 atom stereocenters. The van der Waals surface area contributed by atoms with E-state index < -0.39 is 47.3 Å². The van der Waals surface area contributed by atoms with Gasteiger partial charge in [-0.15, -0.1) is 0 Å². The van der Waals surface area contributed by atoms with Crippen molar-refractivity contribution < 1.29 is 35.1 Å². The molecule has 1 saturated carbocycles. The maximum atomic E-state index is 12.7. The van der Waals surface area contributed by atoms with Gasteiger partial charge in [-0.3, -0.25) is 4.21 Å². The van der Waals surface area contributed by atoms with E-state index in [1.165, 1.54) is 0 Å². The summed E-state index contributed by atoms with van der Waals surface area (Å²) in [7, 11) is -4.58. The predicted octanol–water partition coefficient (Wildman–Crippen LogP) is 2.69. The van der Waals surface area contributed by atoms with Crippen LogP contribution in [0.2, 0.25) is 0 Å². The zero-order valence-electron chi connectivity index (χ0n) is 12.8. The molecule has 0 saturated heterocycles. The van der Waals surface area contributed by atoms with E-state index in [2.05, 4.69) is 4.79 Å². The number of hydrogen-bond acceptors (Lipinski definition) is 4. The van der Waals surface area contributed by atoms with Gasteiger partial charge in [0.2, 0.25) is 0 Å². The van der Waals surface area contributed by atoms with Gasteiger partial charge in [-0.05, 0) is 48.2 Å². The van der Waals surface area contributed by atoms with Crippen molar-refractivity contribution in [1.82, 2.24) is 0 Å². The summed E-state index contributed by atoms with van der Waals surface area (Å²) in [5, 5.41) is -0.951. The Hall–Kier alpha value is -1.55. The van der Waals surface area contributed by atoms with Crippen molar-refractivity contribution >= 4 is 26.0 Å². The average Bonchev–Trinajstić information content (AvgIpc) is 2.55. The summed E-state index contributed by atoms with van der Waals surface area (Å²) in [6, 6.07) is 2.58. The molecule has 1 aromatic carbocycles. The van der Waals surface area contributed by atoms with Crippen molar-refractivity contribution in [2.24, 2.45) is 0 Å². The maximum Gasteiger partial charge on any atom is 0.416 e. The van der Waals surface area contributed by atoms with Gasteiger partial charge in [0, 0.05) is 0 Å². The molecule has 25 heavy (non-hydrogen) atoms. The molecule has 0 bridgehead atoms. The molecule has 0 spiro atoms. The molecular weight excluding hydrogens is 381 g/mol. The summed E-state index contributed by atoms with van der Waals surface area (Å²) in [5.74, 6) is 0. The fourth-order valence-electron chi connectivity index (χ4n) is 2.90. The SMILES string of the molecule is [N-]=[N+]=C(C1(S(=O)[O-])CCCCC1)S(=O)(=O)c1ccc(C(F)(F)F)cc1. The highest BCUT2D eigenvalue weighted by molar-refractivity contribution is 8.08. The first-order chi connectivity index (χ1) is 11.6. The van der Waals surface area contributed by atoms with Crippen LogP contribution in [0.4, 0.5) is 13.2 Å². The van der Waals surface area contributed by atoms with Gasteiger partial charge < -0.3 is 10.1 Å². The van der Waals surface area contributed by atoms with Crippen LogP contribution < -0.4 is 0 Å². The Morgan fingerprint density at radius 3 is 2.08 bits per heavy atom. The zero-order valence-corrected chi connectivity index (χ0v) is 14.5. The van der Waals surface area contributed by atoms with E-state index in [-0.39, 0.29) is 12.8 Å². The second kappa shape index (κ2) is 6.99. The lowest BCUT2D eigenvalue weighted by atomic mass is 9.89. The van der Waals surface area contributed by atoms with Gasteiger partial charge in [0.05, 0.1) is 10.5 Å². The van der Waals surface area contributed by atoms with Gasteiger partial charge >= 0.3 is 11.2 Å². The first kappa shape index (κ1) is 19.8. The standard InChI is InChI=1S/C14H15F3N2O4S2/c15-14(16,17)10-4-6-11(7-5-10)25(22,23)12(19-18)13(24(20)21)8-2-1-3-9-13/h4-7H,1-3,8-9H2,(H,20,21)/p-1. The van der Waals surface area contributed by atoms with Gasteiger partial charge in [-0.2, -0.15) is 18.0 Å². The molecule has 2 rings (SSSR count). The molecule has 0 N–H and O–H groups in total. The number of alkyl halides is 3. The second-order valence-corrected chi connectivity index (χ2v) is 8.84. The molecule has 11 heteroatoms. The van der Waals surface area contributed by atoms with Crippen LogP contribution in [0, 0.1) is 0 Å². The molecular formula is C14H14F3N2O4S2-. The average molecular weight is 395 g/mol. The topological polar surface area (TPSA) is 111 Å². The fraction of sp³-hybridized carbons (Fsp3) is 0.500. The first-order valence-corrected chi connectivity index (χ1v) is 9.86. The van der Waals surface area contributed by atoms with Crippen LogP contribution in [-0.2, 0) is 27.1 Å². The summed E-state index contributed by atoms with van der Waals surface area (Å²) < 4.78 is 84.8. The highest BCUT2D eigenvalue weighted by atomic mass is 32.2. The van der Waals surface area contributed by atoms with E-state index in [1.54, 1.807) is 0 Å². The van der Waals surface area contributed by atoms with Crippen LogP contribution in [0.15, 0.2) is 29.2 Å². The Balaban J connectivity index is 2.52. The van der Waals surface area contributed by atoms with E-state index >= 15 is 0 Å². The Bertz CT molecular complexity index is 823. The summed E-state index contributed by atoms with van der Waals surface area (Å²) >= 11 is -2.88. The van der Waals surface area contributed by atoms with E-state index in [4.69, 9.17) is 0 Å². The fourth-order valence-corrected chi connectivity index (χ4v) is 5.76. The molecule has 1 aliphatic carbocycles. The zero-order chi connectivity index (χ0) is 18.9. The molecule has 1 fully saturated rings. The normalized spacial score (nSPS) is 19.0. The molecule has 1 aliphatic rings. The molecule has 138 valence electrons. The molecule has 6 nitrogen and oxygen atoms in total. The molecule has 1 aromatic rings. The molecule has 0 radical (unpaired) electrons. The van der Waals surface area contributed by atoms with Gasteiger partial charge in [0.1, 0.15) is 4.75 Å². The number of benzene rings is 1. The lowest BCUT2D eigenvalue weighted by Gasteiger charge is -2.34. The number of halogens is 3. The minimum absolute atomic E-state index is 0.0393. The van der Waals surface area contributed by atoms with Crippen molar-refractivity contribution in [3.63, 3.8) is 0 Å². The Labute approximate surface area is 144 Å². The second-order valence-electron chi connectivity index (χ2n) is 5.72. The van der Waals surface area contributed by atoms with Crippen LogP contribution in [0.3, 0.4) is 0 Å². The molecule has 0 aliphatic heterocycles. The Morgan fingerprint density at radius 1 is 1.16 bits per heavy atom. The third-order valence-electron chi connectivity index (χ3n) is 4.21. The predicted molar refractivity (Wildman–Crippen MR) is 82.0 cm³/mol. The van der Waals surface area contributed by atoms with Crippen molar-refractivity contribution in [3.05, 3.63) is 35.4 Å². The summed E-state index contributed by atoms with van der Waals surface area (Å²) in [5.41, 5.74) is 8.18.